The molecule has 1 aromatic carbocycles. The molecule has 1 aromatic rings. The minimum atomic E-state index is -1.01. The Hall–Kier alpha value is -2.37. The molecule has 6 nitrogen and oxygen atoms in total. The summed E-state index contributed by atoms with van der Waals surface area (Å²) in [4.78, 5) is 33.4. The van der Waals surface area contributed by atoms with E-state index in [0.29, 0.717) is 12.0 Å². The molecule has 1 rings (SSSR count). The van der Waals surface area contributed by atoms with Crippen molar-refractivity contribution in [2.24, 2.45) is 0 Å². The summed E-state index contributed by atoms with van der Waals surface area (Å²) >= 11 is 0. The molecule has 0 aliphatic rings. The Bertz CT molecular complexity index is 472. The zero-order valence-electron chi connectivity index (χ0n) is 10.7. The molecular weight excluding hydrogens is 250 g/mol. The molecule has 102 valence electrons. The number of amides is 1. The normalized spacial score (nSPS) is 11.3. The molecule has 0 saturated heterocycles. The van der Waals surface area contributed by atoms with E-state index in [1.54, 1.807) is 25.1 Å². The predicted molar refractivity (Wildman–Crippen MR) is 66.3 cm³/mol. The number of benzene rings is 1. The highest BCUT2D eigenvalue weighted by Crippen LogP contribution is 2.26. The van der Waals surface area contributed by atoms with Crippen LogP contribution in [-0.4, -0.2) is 25.0 Å². The fourth-order valence-electron chi connectivity index (χ4n) is 1.55. The van der Waals surface area contributed by atoms with E-state index >= 15 is 0 Å². The van der Waals surface area contributed by atoms with Gasteiger partial charge in [0.25, 0.3) is 0 Å². The van der Waals surface area contributed by atoms with Gasteiger partial charge in [0.05, 0.1) is 6.61 Å². The second kappa shape index (κ2) is 7.15. The van der Waals surface area contributed by atoms with Gasteiger partial charge in [-0.15, -0.1) is 0 Å². The fraction of sp³-hybridized carbons (Fsp3) is 0.308. The van der Waals surface area contributed by atoms with Gasteiger partial charge >= 0.3 is 11.9 Å². The van der Waals surface area contributed by atoms with Gasteiger partial charge in [0.2, 0.25) is 6.41 Å². The summed E-state index contributed by atoms with van der Waals surface area (Å²) in [6.45, 7) is 3.10. The van der Waals surface area contributed by atoms with Gasteiger partial charge in [-0.1, -0.05) is 18.2 Å². The minimum Gasteiger partial charge on any atom is -0.464 e. The van der Waals surface area contributed by atoms with Crippen LogP contribution in [0.1, 0.15) is 25.5 Å². The maximum absolute atomic E-state index is 11.8. The molecule has 0 aliphatic heterocycles. The molecule has 19 heavy (non-hydrogen) atoms. The third kappa shape index (κ3) is 4.09. The number of para-hydroxylation sites is 1. The highest BCUT2D eigenvalue weighted by molar-refractivity contribution is 5.81. The number of rotatable bonds is 6. The summed E-state index contributed by atoms with van der Waals surface area (Å²) in [7, 11) is 0. The molecule has 0 radical (unpaired) electrons. The van der Waals surface area contributed by atoms with E-state index in [1.165, 1.54) is 13.0 Å². The average Bonchev–Trinajstić information content (AvgIpc) is 2.36. The second-order valence-corrected chi connectivity index (χ2v) is 3.60. The van der Waals surface area contributed by atoms with Crippen molar-refractivity contribution in [2.45, 2.75) is 19.9 Å². The Balaban J connectivity index is 3.10. The third-order valence-corrected chi connectivity index (χ3v) is 2.24. The largest absolute Gasteiger partial charge is 0.464 e. The topological polar surface area (TPSA) is 81.7 Å². The van der Waals surface area contributed by atoms with Gasteiger partial charge in [0.15, 0.2) is 6.04 Å². The van der Waals surface area contributed by atoms with E-state index in [0.717, 1.165) is 0 Å². The third-order valence-electron chi connectivity index (χ3n) is 2.24. The van der Waals surface area contributed by atoms with Crippen molar-refractivity contribution in [3.63, 3.8) is 0 Å². The lowest BCUT2D eigenvalue weighted by Crippen LogP contribution is -2.29. The maximum atomic E-state index is 11.8. The van der Waals surface area contributed by atoms with Crippen molar-refractivity contribution in [1.29, 1.82) is 0 Å². The van der Waals surface area contributed by atoms with Crippen LogP contribution in [0.15, 0.2) is 24.3 Å². The van der Waals surface area contributed by atoms with Crippen molar-refractivity contribution in [3.05, 3.63) is 29.8 Å². The highest BCUT2D eigenvalue weighted by atomic mass is 16.5. The van der Waals surface area contributed by atoms with E-state index in [9.17, 15) is 14.4 Å². The lowest BCUT2D eigenvalue weighted by Gasteiger charge is -2.17. The van der Waals surface area contributed by atoms with Gasteiger partial charge in [0, 0.05) is 12.5 Å². The summed E-state index contributed by atoms with van der Waals surface area (Å²) in [5, 5.41) is 2.35. The molecule has 1 atom stereocenters. The first-order valence-electron chi connectivity index (χ1n) is 5.73. The molecular formula is C13H15NO5. The lowest BCUT2D eigenvalue weighted by atomic mass is 10.1. The van der Waals surface area contributed by atoms with Crippen molar-refractivity contribution < 1.29 is 23.9 Å². The second-order valence-electron chi connectivity index (χ2n) is 3.60. The molecule has 0 heterocycles. The van der Waals surface area contributed by atoms with E-state index in [-0.39, 0.29) is 12.4 Å². The number of nitrogens with one attached hydrogen (secondary N) is 1. The Morgan fingerprint density at radius 2 is 2.05 bits per heavy atom. The zero-order valence-corrected chi connectivity index (χ0v) is 10.7. The Morgan fingerprint density at radius 3 is 2.63 bits per heavy atom. The van der Waals surface area contributed by atoms with Crippen LogP contribution >= 0.6 is 0 Å². The molecule has 0 aliphatic carbocycles. The summed E-state index contributed by atoms with van der Waals surface area (Å²) < 4.78 is 9.87. The number of carbonyl (C=O) groups excluding carboxylic acids is 3. The number of carbonyl (C=O) groups is 3. The van der Waals surface area contributed by atoms with Gasteiger partial charge in [-0.3, -0.25) is 9.59 Å². The quantitative estimate of drug-likeness (QED) is 0.470. The monoisotopic (exact) mass is 265 g/mol. The zero-order chi connectivity index (χ0) is 14.3. The van der Waals surface area contributed by atoms with Crippen LogP contribution in [0.25, 0.3) is 0 Å². The fourth-order valence-corrected chi connectivity index (χ4v) is 1.55. The van der Waals surface area contributed by atoms with Gasteiger partial charge in [0.1, 0.15) is 5.75 Å². The first-order chi connectivity index (χ1) is 9.10. The smallest absolute Gasteiger partial charge is 0.333 e. The Kier molecular flexibility index (Phi) is 5.53. The summed E-state index contributed by atoms with van der Waals surface area (Å²) in [5.41, 5.74) is 0.364. The lowest BCUT2D eigenvalue weighted by molar-refractivity contribution is -0.147. The molecule has 0 saturated carbocycles. The van der Waals surface area contributed by atoms with Crippen molar-refractivity contribution in [2.75, 3.05) is 6.61 Å². The molecule has 0 fully saturated rings. The SMILES string of the molecule is CCOC(=O)C(NC=O)c1ccccc1OC(C)=O. The number of hydrogen-bond donors (Lipinski definition) is 1. The van der Waals surface area contributed by atoms with Crippen LogP contribution < -0.4 is 10.1 Å². The molecule has 1 unspecified atom stereocenters. The van der Waals surface area contributed by atoms with Gasteiger partial charge in [-0.2, -0.15) is 0 Å². The summed E-state index contributed by atoms with van der Waals surface area (Å²) in [6, 6.07) is 5.44. The van der Waals surface area contributed by atoms with Gasteiger partial charge in [-0.25, -0.2) is 4.79 Å². The van der Waals surface area contributed by atoms with E-state index in [4.69, 9.17) is 9.47 Å². The molecule has 6 heteroatoms. The molecule has 0 spiro atoms. The van der Waals surface area contributed by atoms with Crippen LogP contribution in [0.5, 0.6) is 5.75 Å². The number of hydrogen-bond acceptors (Lipinski definition) is 5. The number of ether oxygens (including phenoxy) is 2. The molecule has 0 bridgehead atoms. The Labute approximate surface area is 110 Å². The van der Waals surface area contributed by atoms with Crippen LogP contribution in [0, 0.1) is 0 Å². The van der Waals surface area contributed by atoms with Crippen LogP contribution in [0.3, 0.4) is 0 Å². The van der Waals surface area contributed by atoms with Crippen molar-refractivity contribution in [3.8, 4) is 5.75 Å². The van der Waals surface area contributed by atoms with Crippen LogP contribution in [0.4, 0.5) is 0 Å². The van der Waals surface area contributed by atoms with Gasteiger partial charge in [-0.05, 0) is 13.0 Å². The molecule has 1 N–H and O–H groups in total. The summed E-state index contributed by atoms with van der Waals surface area (Å²) in [5.74, 6) is -0.919. The van der Waals surface area contributed by atoms with E-state index in [1.807, 2.05) is 0 Å². The molecule has 0 aromatic heterocycles. The highest BCUT2D eigenvalue weighted by Gasteiger charge is 2.25. The minimum absolute atomic E-state index is 0.186. The van der Waals surface area contributed by atoms with E-state index < -0.39 is 18.0 Å². The predicted octanol–water partition coefficient (Wildman–Crippen LogP) is 0.962. The van der Waals surface area contributed by atoms with Crippen LogP contribution in [0.2, 0.25) is 0 Å². The number of esters is 2. The standard InChI is InChI=1S/C13H15NO5/c1-3-18-13(17)12(14-8-15)10-6-4-5-7-11(10)19-9(2)16/h4-8,12H,3H2,1-2H3,(H,14,15). The average molecular weight is 265 g/mol. The van der Waals surface area contributed by atoms with Crippen LogP contribution in [-0.2, 0) is 19.1 Å². The first kappa shape index (κ1) is 14.7. The van der Waals surface area contributed by atoms with E-state index in [2.05, 4.69) is 5.32 Å². The van der Waals surface area contributed by atoms with Crippen molar-refractivity contribution in [1.82, 2.24) is 5.32 Å². The maximum Gasteiger partial charge on any atom is 0.333 e. The first-order valence-corrected chi connectivity index (χ1v) is 5.73. The van der Waals surface area contributed by atoms with Crippen molar-refractivity contribution >= 4 is 18.3 Å². The van der Waals surface area contributed by atoms with Gasteiger partial charge < -0.3 is 14.8 Å². The summed E-state index contributed by atoms with van der Waals surface area (Å²) in [6.07, 6.45) is 0.395. The molecule has 1 amide bonds. The Morgan fingerprint density at radius 1 is 1.37 bits per heavy atom.